The van der Waals surface area contributed by atoms with Gasteiger partial charge < -0.3 is 19.7 Å². The van der Waals surface area contributed by atoms with Gasteiger partial charge in [-0.1, -0.05) is 6.07 Å². The van der Waals surface area contributed by atoms with Gasteiger partial charge in [0.1, 0.15) is 0 Å². The number of carbonyl (C=O) groups is 1. The Morgan fingerprint density at radius 3 is 2.50 bits per heavy atom. The van der Waals surface area contributed by atoms with Crippen LogP contribution in [-0.2, 0) is 11.2 Å². The predicted molar refractivity (Wildman–Crippen MR) is 108 cm³/mol. The van der Waals surface area contributed by atoms with Crippen LogP contribution in [0.15, 0.2) is 30.3 Å². The number of methoxy groups -OCH3 is 2. The van der Waals surface area contributed by atoms with E-state index in [0.29, 0.717) is 18.0 Å². The zero-order valence-electron chi connectivity index (χ0n) is 16.8. The molecule has 1 fully saturated rings. The molecule has 1 aromatic carbocycles. The minimum atomic E-state index is 0.0556. The average molecular weight is 384 g/mol. The van der Waals surface area contributed by atoms with E-state index in [9.17, 15) is 4.79 Å². The molecule has 1 saturated heterocycles. The molecule has 1 aromatic heterocycles. The third kappa shape index (κ3) is 4.91. The van der Waals surface area contributed by atoms with Gasteiger partial charge in [0.15, 0.2) is 17.3 Å². The first-order valence-electron chi connectivity index (χ1n) is 9.64. The van der Waals surface area contributed by atoms with Gasteiger partial charge in [-0.3, -0.25) is 4.79 Å². The number of piperidine rings is 1. The highest BCUT2D eigenvalue weighted by Gasteiger charge is 2.25. The first-order valence-corrected chi connectivity index (χ1v) is 9.64. The zero-order valence-corrected chi connectivity index (χ0v) is 16.8. The highest BCUT2D eigenvalue weighted by atomic mass is 16.5. The lowest BCUT2D eigenvalue weighted by molar-refractivity contribution is -0.125. The molecule has 1 N–H and O–H groups in total. The van der Waals surface area contributed by atoms with Crippen molar-refractivity contribution in [3.8, 4) is 11.5 Å². The monoisotopic (exact) mass is 384 g/mol. The summed E-state index contributed by atoms with van der Waals surface area (Å²) < 4.78 is 10.6. The van der Waals surface area contributed by atoms with Crippen LogP contribution in [0.5, 0.6) is 11.5 Å². The molecule has 3 rings (SSSR count). The van der Waals surface area contributed by atoms with E-state index < -0.39 is 0 Å². The molecule has 150 valence electrons. The first-order chi connectivity index (χ1) is 13.6. The van der Waals surface area contributed by atoms with Crippen LogP contribution in [0.3, 0.4) is 0 Å². The van der Waals surface area contributed by atoms with Gasteiger partial charge in [0.2, 0.25) is 5.91 Å². The molecule has 7 heteroatoms. The van der Waals surface area contributed by atoms with Gasteiger partial charge in [-0.15, -0.1) is 5.10 Å². The second kappa shape index (κ2) is 9.39. The molecule has 1 aliphatic heterocycles. The summed E-state index contributed by atoms with van der Waals surface area (Å²) in [6.07, 6.45) is 2.42. The number of aryl methyl sites for hydroxylation is 1. The number of nitrogens with zero attached hydrogens (tertiary/aromatic N) is 3. The lowest BCUT2D eigenvalue weighted by Crippen LogP contribution is -2.41. The summed E-state index contributed by atoms with van der Waals surface area (Å²) in [4.78, 5) is 14.7. The summed E-state index contributed by atoms with van der Waals surface area (Å²) in [5.41, 5.74) is 2.01. The van der Waals surface area contributed by atoms with Crippen LogP contribution in [0.1, 0.15) is 24.1 Å². The van der Waals surface area contributed by atoms with Crippen molar-refractivity contribution >= 4 is 11.7 Å². The standard InChI is InChI=1S/C21H28N4O3/c1-15-4-7-20(24-23-15)25-12-9-17(10-13-25)21(26)22-11-8-16-5-6-18(27-2)19(14-16)28-3/h4-7,14,17H,8-13H2,1-3H3,(H,22,26). The second-order valence-corrected chi connectivity index (χ2v) is 7.02. The molecule has 0 atom stereocenters. The normalized spacial score (nSPS) is 14.6. The van der Waals surface area contributed by atoms with Gasteiger partial charge in [0.25, 0.3) is 0 Å². The molecule has 0 unspecified atom stereocenters. The van der Waals surface area contributed by atoms with E-state index >= 15 is 0 Å². The molecule has 0 saturated carbocycles. The van der Waals surface area contributed by atoms with Crippen LogP contribution in [0.4, 0.5) is 5.82 Å². The van der Waals surface area contributed by atoms with Crippen molar-refractivity contribution in [3.63, 3.8) is 0 Å². The van der Waals surface area contributed by atoms with Crippen molar-refractivity contribution in [2.75, 3.05) is 38.8 Å². The largest absolute Gasteiger partial charge is 0.493 e. The van der Waals surface area contributed by atoms with Crippen molar-refractivity contribution in [2.24, 2.45) is 5.92 Å². The number of anilines is 1. The SMILES string of the molecule is COc1ccc(CCNC(=O)C2CCN(c3ccc(C)nn3)CC2)cc1OC. The van der Waals surface area contributed by atoms with Crippen LogP contribution in [0.25, 0.3) is 0 Å². The Labute approximate surface area is 166 Å². The molecule has 1 amide bonds. The number of nitrogens with one attached hydrogen (secondary N) is 1. The van der Waals surface area contributed by atoms with Crippen LogP contribution in [-0.4, -0.2) is 50.0 Å². The van der Waals surface area contributed by atoms with Gasteiger partial charge >= 0.3 is 0 Å². The maximum atomic E-state index is 12.5. The van der Waals surface area contributed by atoms with Crippen LogP contribution in [0.2, 0.25) is 0 Å². The average Bonchev–Trinajstić information content (AvgIpc) is 2.74. The van der Waals surface area contributed by atoms with Crippen molar-refractivity contribution in [1.29, 1.82) is 0 Å². The summed E-state index contributed by atoms with van der Waals surface area (Å²) in [6, 6.07) is 9.79. The Morgan fingerprint density at radius 2 is 1.86 bits per heavy atom. The molecule has 0 spiro atoms. The van der Waals surface area contributed by atoms with E-state index in [-0.39, 0.29) is 11.8 Å². The summed E-state index contributed by atoms with van der Waals surface area (Å²) in [5, 5.41) is 11.4. The third-order valence-electron chi connectivity index (χ3n) is 5.13. The van der Waals surface area contributed by atoms with Gasteiger partial charge in [-0.2, -0.15) is 5.10 Å². The smallest absolute Gasteiger partial charge is 0.223 e. The number of carbonyl (C=O) groups excluding carboxylic acids is 1. The third-order valence-corrected chi connectivity index (χ3v) is 5.13. The van der Waals surface area contributed by atoms with E-state index in [0.717, 1.165) is 49.4 Å². The number of hydrogen-bond donors (Lipinski definition) is 1. The number of hydrogen-bond acceptors (Lipinski definition) is 6. The summed E-state index contributed by atoms with van der Waals surface area (Å²) >= 11 is 0. The molecule has 0 bridgehead atoms. The molecule has 7 nitrogen and oxygen atoms in total. The number of amides is 1. The molecule has 0 aliphatic carbocycles. The van der Waals surface area contributed by atoms with E-state index in [1.165, 1.54) is 0 Å². The Hall–Kier alpha value is -2.83. The minimum Gasteiger partial charge on any atom is -0.493 e. The highest BCUT2D eigenvalue weighted by molar-refractivity contribution is 5.79. The predicted octanol–water partition coefficient (Wildman–Crippen LogP) is 2.38. The van der Waals surface area contributed by atoms with Crippen molar-refractivity contribution in [3.05, 3.63) is 41.6 Å². The lowest BCUT2D eigenvalue weighted by atomic mass is 9.96. The van der Waals surface area contributed by atoms with Crippen molar-refractivity contribution in [2.45, 2.75) is 26.2 Å². The van der Waals surface area contributed by atoms with Crippen LogP contribution >= 0.6 is 0 Å². The van der Waals surface area contributed by atoms with Crippen molar-refractivity contribution < 1.29 is 14.3 Å². The van der Waals surface area contributed by atoms with Crippen LogP contribution in [0, 0.1) is 12.8 Å². The topological polar surface area (TPSA) is 76.6 Å². The number of benzene rings is 1. The minimum absolute atomic E-state index is 0.0556. The fourth-order valence-electron chi connectivity index (χ4n) is 3.44. The van der Waals surface area contributed by atoms with E-state index in [1.54, 1.807) is 14.2 Å². The summed E-state index contributed by atoms with van der Waals surface area (Å²) in [7, 11) is 3.24. The fraction of sp³-hybridized carbons (Fsp3) is 0.476. The Kier molecular flexibility index (Phi) is 6.68. The fourth-order valence-corrected chi connectivity index (χ4v) is 3.44. The summed E-state index contributed by atoms with van der Waals surface area (Å²) in [5.74, 6) is 2.49. The quantitative estimate of drug-likeness (QED) is 0.790. The first kappa shape index (κ1) is 19.9. The van der Waals surface area contributed by atoms with Gasteiger partial charge in [-0.05, 0) is 56.0 Å². The van der Waals surface area contributed by atoms with Crippen LogP contribution < -0.4 is 19.7 Å². The molecule has 1 aliphatic rings. The molecule has 2 heterocycles. The van der Waals surface area contributed by atoms with E-state index in [1.807, 2.05) is 37.3 Å². The van der Waals surface area contributed by atoms with E-state index in [4.69, 9.17) is 9.47 Å². The maximum Gasteiger partial charge on any atom is 0.223 e. The molecule has 28 heavy (non-hydrogen) atoms. The lowest BCUT2D eigenvalue weighted by Gasteiger charge is -2.31. The van der Waals surface area contributed by atoms with Gasteiger partial charge in [0, 0.05) is 25.6 Å². The number of aromatic nitrogens is 2. The molecule has 2 aromatic rings. The van der Waals surface area contributed by atoms with Gasteiger partial charge in [-0.25, -0.2) is 0 Å². The molecule has 0 radical (unpaired) electrons. The van der Waals surface area contributed by atoms with E-state index in [2.05, 4.69) is 20.4 Å². The zero-order chi connectivity index (χ0) is 19.9. The Bertz CT molecular complexity index is 787. The number of rotatable bonds is 7. The Balaban J connectivity index is 1.44. The highest BCUT2D eigenvalue weighted by Crippen LogP contribution is 2.27. The molecular weight excluding hydrogens is 356 g/mol. The number of ether oxygens (including phenoxy) is 2. The van der Waals surface area contributed by atoms with Gasteiger partial charge in [0.05, 0.1) is 19.9 Å². The second-order valence-electron chi connectivity index (χ2n) is 7.02. The summed E-state index contributed by atoms with van der Waals surface area (Å²) in [6.45, 7) is 4.18. The molecular formula is C21H28N4O3. The maximum absolute atomic E-state index is 12.5. The Morgan fingerprint density at radius 1 is 1.11 bits per heavy atom. The van der Waals surface area contributed by atoms with Crippen molar-refractivity contribution in [1.82, 2.24) is 15.5 Å².